The topological polar surface area (TPSA) is 79.4 Å². The molecule has 0 aliphatic carbocycles. The van der Waals surface area contributed by atoms with Crippen molar-refractivity contribution in [2.75, 3.05) is 11.9 Å². The fourth-order valence-electron chi connectivity index (χ4n) is 2.81. The lowest BCUT2D eigenvalue weighted by molar-refractivity contribution is 0.0372. The lowest BCUT2D eigenvalue weighted by Gasteiger charge is -2.21. The Balaban J connectivity index is 1.62. The lowest BCUT2D eigenvalue weighted by atomic mass is 10.0. The van der Waals surface area contributed by atoms with Crippen LogP contribution in [0.1, 0.15) is 26.0 Å². The Labute approximate surface area is 146 Å². The molecule has 3 N–H and O–H groups in total. The molecular formula is C19H23N3O3. The van der Waals surface area contributed by atoms with E-state index in [1.807, 2.05) is 24.3 Å². The smallest absolute Gasteiger partial charge is 0.319 e. The van der Waals surface area contributed by atoms with E-state index < -0.39 is 5.60 Å². The van der Waals surface area contributed by atoms with Gasteiger partial charge in [-0.15, -0.1) is 0 Å². The zero-order chi connectivity index (χ0) is 17.9. The van der Waals surface area contributed by atoms with Crippen molar-refractivity contribution in [2.24, 2.45) is 0 Å². The van der Waals surface area contributed by atoms with Gasteiger partial charge in [0.1, 0.15) is 11.4 Å². The summed E-state index contributed by atoms with van der Waals surface area (Å²) in [4.78, 5) is 12.1. The molecule has 0 spiro atoms. The first kappa shape index (κ1) is 17.1. The van der Waals surface area contributed by atoms with Crippen molar-refractivity contribution in [1.82, 2.24) is 9.88 Å². The Morgan fingerprint density at radius 1 is 1.32 bits per heavy atom. The van der Waals surface area contributed by atoms with Crippen molar-refractivity contribution < 1.29 is 14.3 Å². The summed E-state index contributed by atoms with van der Waals surface area (Å²) in [6.07, 6.45) is 4.62. The first-order chi connectivity index (χ1) is 12.0. The number of nitrogens with one attached hydrogen (secondary N) is 2. The molecule has 0 radical (unpaired) electrons. The van der Waals surface area contributed by atoms with E-state index in [-0.39, 0.29) is 12.6 Å². The summed E-state index contributed by atoms with van der Waals surface area (Å²) in [7, 11) is 0. The summed E-state index contributed by atoms with van der Waals surface area (Å²) in [5, 5.41) is 16.9. The highest BCUT2D eigenvalue weighted by Crippen LogP contribution is 2.22. The SMILES string of the molecule is CCCn1ccc2cc(NC(=O)NCC(C)(O)c3ccco3)ccc21. The quantitative estimate of drug-likeness (QED) is 0.640. The molecule has 0 saturated carbocycles. The number of hydrogen-bond acceptors (Lipinski definition) is 3. The number of aliphatic hydroxyl groups is 1. The molecule has 1 unspecified atom stereocenters. The van der Waals surface area contributed by atoms with Gasteiger partial charge in [0.2, 0.25) is 0 Å². The van der Waals surface area contributed by atoms with Crippen LogP contribution in [-0.2, 0) is 12.1 Å². The van der Waals surface area contributed by atoms with Gasteiger partial charge in [-0.2, -0.15) is 0 Å². The minimum absolute atomic E-state index is 0.0431. The van der Waals surface area contributed by atoms with Crippen LogP contribution in [0.5, 0.6) is 0 Å². The molecular weight excluding hydrogens is 318 g/mol. The Hall–Kier alpha value is -2.73. The van der Waals surface area contributed by atoms with Crippen LogP contribution in [0, 0.1) is 0 Å². The van der Waals surface area contributed by atoms with Gasteiger partial charge >= 0.3 is 6.03 Å². The van der Waals surface area contributed by atoms with E-state index in [0.29, 0.717) is 11.4 Å². The maximum absolute atomic E-state index is 12.1. The molecule has 0 fully saturated rings. The van der Waals surface area contributed by atoms with Crippen LogP contribution in [0.3, 0.4) is 0 Å². The summed E-state index contributed by atoms with van der Waals surface area (Å²) in [5.74, 6) is 0.409. The van der Waals surface area contributed by atoms with E-state index in [1.165, 1.54) is 6.26 Å². The van der Waals surface area contributed by atoms with Crippen LogP contribution in [0.25, 0.3) is 10.9 Å². The van der Waals surface area contributed by atoms with Crippen molar-refractivity contribution in [3.8, 4) is 0 Å². The van der Waals surface area contributed by atoms with Crippen LogP contribution in [0.2, 0.25) is 0 Å². The number of carbonyl (C=O) groups excluding carboxylic acids is 1. The molecule has 2 heterocycles. The number of amides is 2. The highest BCUT2D eigenvalue weighted by atomic mass is 16.4. The van der Waals surface area contributed by atoms with Gasteiger partial charge < -0.3 is 24.7 Å². The normalized spacial score (nSPS) is 13.6. The molecule has 3 aromatic rings. The average Bonchev–Trinajstić information content (AvgIpc) is 3.24. The number of fused-ring (bicyclic) bond motifs is 1. The van der Waals surface area contributed by atoms with Crippen molar-refractivity contribution in [3.63, 3.8) is 0 Å². The molecule has 25 heavy (non-hydrogen) atoms. The van der Waals surface area contributed by atoms with Crippen LogP contribution in [0.4, 0.5) is 10.5 Å². The van der Waals surface area contributed by atoms with Gasteiger partial charge in [0.05, 0.1) is 12.8 Å². The average molecular weight is 341 g/mol. The maximum atomic E-state index is 12.1. The number of anilines is 1. The van der Waals surface area contributed by atoms with Crippen molar-refractivity contribution >= 4 is 22.6 Å². The first-order valence-corrected chi connectivity index (χ1v) is 8.40. The highest BCUT2D eigenvalue weighted by Gasteiger charge is 2.26. The van der Waals surface area contributed by atoms with Crippen molar-refractivity contribution in [3.05, 3.63) is 54.6 Å². The van der Waals surface area contributed by atoms with Crippen LogP contribution < -0.4 is 10.6 Å². The monoisotopic (exact) mass is 341 g/mol. The molecule has 0 aliphatic rings. The van der Waals surface area contributed by atoms with Gasteiger partial charge in [-0.05, 0) is 49.7 Å². The fourth-order valence-corrected chi connectivity index (χ4v) is 2.81. The van der Waals surface area contributed by atoms with E-state index in [0.717, 1.165) is 23.9 Å². The van der Waals surface area contributed by atoms with Gasteiger partial charge in [0.25, 0.3) is 0 Å². The van der Waals surface area contributed by atoms with Crippen molar-refractivity contribution in [1.29, 1.82) is 0 Å². The maximum Gasteiger partial charge on any atom is 0.319 e. The second-order valence-corrected chi connectivity index (χ2v) is 6.34. The number of hydrogen-bond donors (Lipinski definition) is 3. The molecule has 2 aromatic heterocycles. The van der Waals surface area contributed by atoms with Crippen LogP contribution in [0.15, 0.2) is 53.3 Å². The zero-order valence-electron chi connectivity index (χ0n) is 14.5. The summed E-state index contributed by atoms with van der Waals surface area (Å²) >= 11 is 0. The largest absolute Gasteiger partial charge is 0.466 e. The van der Waals surface area contributed by atoms with Crippen LogP contribution >= 0.6 is 0 Å². The predicted octanol–water partition coefficient (Wildman–Crippen LogP) is 3.67. The number of benzene rings is 1. The molecule has 132 valence electrons. The Morgan fingerprint density at radius 3 is 2.88 bits per heavy atom. The third kappa shape index (κ3) is 3.85. The second-order valence-electron chi connectivity index (χ2n) is 6.34. The van der Waals surface area contributed by atoms with Crippen LogP contribution in [-0.4, -0.2) is 22.2 Å². The molecule has 0 aliphatic heterocycles. The molecule has 1 atom stereocenters. The molecule has 1 aromatic carbocycles. The van der Waals surface area contributed by atoms with E-state index in [9.17, 15) is 9.90 Å². The number of carbonyl (C=O) groups is 1. The summed E-state index contributed by atoms with van der Waals surface area (Å²) in [6, 6.07) is 10.8. The van der Waals surface area contributed by atoms with Crippen molar-refractivity contribution in [2.45, 2.75) is 32.4 Å². The third-order valence-corrected chi connectivity index (χ3v) is 4.14. The molecule has 0 saturated heterocycles. The Kier molecular flexibility index (Phi) is 4.81. The zero-order valence-corrected chi connectivity index (χ0v) is 14.5. The molecule has 0 bridgehead atoms. The minimum atomic E-state index is -1.26. The van der Waals surface area contributed by atoms with Gasteiger partial charge in [0.15, 0.2) is 0 Å². The first-order valence-electron chi connectivity index (χ1n) is 8.40. The standard InChI is InChI=1S/C19H23N3O3/c1-3-9-22-10-8-14-12-15(6-7-16(14)22)21-18(23)20-13-19(2,24)17-5-4-11-25-17/h4-8,10-12,24H,3,9,13H2,1-2H3,(H2,20,21,23). The number of aromatic nitrogens is 1. The number of nitrogens with zero attached hydrogens (tertiary/aromatic N) is 1. The highest BCUT2D eigenvalue weighted by molar-refractivity contribution is 5.93. The minimum Gasteiger partial charge on any atom is -0.466 e. The fraction of sp³-hybridized carbons (Fsp3) is 0.316. The summed E-state index contributed by atoms with van der Waals surface area (Å²) < 4.78 is 7.39. The van der Waals surface area contributed by atoms with E-state index >= 15 is 0 Å². The third-order valence-electron chi connectivity index (χ3n) is 4.14. The van der Waals surface area contributed by atoms with Gasteiger partial charge in [-0.3, -0.25) is 0 Å². The number of urea groups is 1. The molecule has 2 amide bonds. The Bertz CT molecular complexity index is 850. The number of rotatable bonds is 6. The summed E-state index contributed by atoms with van der Waals surface area (Å²) in [6.45, 7) is 4.75. The van der Waals surface area contributed by atoms with Gasteiger partial charge in [0, 0.05) is 29.3 Å². The predicted molar refractivity (Wildman–Crippen MR) is 97.5 cm³/mol. The summed E-state index contributed by atoms with van der Waals surface area (Å²) in [5.41, 5.74) is 0.591. The van der Waals surface area contributed by atoms with E-state index in [4.69, 9.17) is 4.42 Å². The lowest BCUT2D eigenvalue weighted by Crippen LogP contribution is -2.40. The number of aryl methyl sites for hydroxylation is 1. The molecule has 6 heteroatoms. The van der Waals surface area contributed by atoms with Gasteiger partial charge in [-0.25, -0.2) is 4.79 Å². The second kappa shape index (κ2) is 7.03. The Morgan fingerprint density at radius 2 is 2.16 bits per heavy atom. The molecule has 6 nitrogen and oxygen atoms in total. The van der Waals surface area contributed by atoms with Gasteiger partial charge in [-0.1, -0.05) is 6.92 Å². The molecule has 3 rings (SSSR count). The number of furan rings is 1. The van der Waals surface area contributed by atoms with E-state index in [2.05, 4.69) is 28.3 Å². The van der Waals surface area contributed by atoms with E-state index in [1.54, 1.807) is 19.1 Å².